The summed E-state index contributed by atoms with van der Waals surface area (Å²) in [7, 11) is 0. The highest BCUT2D eigenvalue weighted by Gasteiger charge is 2.32. The number of benzene rings is 2. The van der Waals surface area contributed by atoms with Crippen molar-refractivity contribution in [2.75, 3.05) is 6.54 Å². The molecule has 0 radical (unpaired) electrons. The third kappa shape index (κ3) is 2.76. The first kappa shape index (κ1) is 16.7. The third-order valence-corrected chi connectivity index (χ3v) is 5.29. The second-order valence-corrected chi connectivity index (χ2v) is 7.02. The third-order valence-electron chi connectivity index (χ3n) is 5.29. The Morgan fingerprint density at radius 1 is 1.14 bits per heavy atom. The molecule has 1 atom stereocenters. The second kappa shape index (κ2) is 6.60. The van der Waals surface area contributed by atoms with Crippen LogP contribution in [0.25, 0.3) is 21.9 Å². The van der Waals surface area contributed by atoms with Crippen molar-refractivity contribution in [3.05, 3.63) is 70.4 Å². The van der Waals surface area contributed by atoms with Crippen molar-refractivity contribution in [3.8, 4) is 0 Å². The van der Waals surface area contributed by atoms with Gasteiger partial charge in [-0.15, -0.1) is 0 Å². The van der Waals surface area contributed by atoms with Crippen LogP contribution in [-0.4, -0.2) is 32.5 Å². The van der Waals surface area contributed by atoms with Crippen LogP contribution in [0.2, 0.25) is 0 Å². The van der Waals surface area contributed by atoms with Crippen LogP contribution >= 0.6 is 0 Å². The first-order valence-corrected chi connectivity index (χ1v) is 9.32. The molecule has 1 N–H and O–H groups in total. The van der Waals surface area contributed by atoms with Gasteiger partial charge in [0.2, 0.25) is 5.91 Å². The minimum atomic E-state index is -0.233. The fourth-order valence-corrected chi connectivity index (χ4v) is 3.92. The van der Waals surface area contributed by atoms with Gasteiger partial charge in [-0.3, -0.25) is 9.59 Å². The minimum Gasteiger partial charge on any atom is -0.356 e. The number of aromatic nitrogens is 3. The molecule has 0 spiro atoms. The van der Waals surface area contributed by atoms with Crippen LogP contribution in [0.15, 0.2) is 57.8 Å². The summed E-state index contributed by atoms with van der Waals surface area (Å²) >= 11 is 0. The number of nitrogens with zero attached hydrogens (tertiary/aromatic N) is 3. The van der Waals surface area contributed by atoms with Gasteiger partial charge in [0, 0.05) is 11.9 Å². The monoisotopic (exact) mass is 374 g/mol. The maximum atomic E-state index is 13.0. The summed E-state index contributed by atoms with van der Waals surface area (Å²) in [6.45, 7) is 0.635. The molecule has 3 heterocycles. The highest BCUT2D eigenvalue weighted by atomic mass is 16.5. The van der Waals surface area contributed by atoms with Gasteiger partial charge in [-0.1, -0.05) is 29.4 Å². The van der Waals surface area contributed by atoms with Crippen molar-refractivity contribution < 1.29 is 9.32 Å². The van der Waals surface area contributed by atoms with Crippen LogP contribution in [0.3, 0.4) is 0 Å². The summed E-state index contributed by atoms with van der Waals surface area (Å²) in [4.78, 5) is 34.7. The number of amides is 1. The van der Waals surface area contributed by atoms with E-state index in [1.807, 2.05) is 42.5 Å². The predicted octanol–water partition coefficient (Wildman–Crippen LogP) is 2.97. The molecular formula is C21H18N4O3. The first-order valence-electron chi connectivity index (χ1n) is 9.32. The van der Waals surface area contributed by atoms with Crippen molar-refractivity contribution in [2.24, 2.45) is 0 Å². The van der Waals surface area contributed by atoms with Gasteiger partial charge in [0.1, 0.15) is 11.5 Å². The lowest BCUT2D eigenvalue weighted by Crippen LogP contribution is -2.33. The van der Waals surface area contributed by atoms with E-state index in [2.05, 4.69) is 15.1 Å². The first-order chi connectivity index (χ1) is 13.7. The summed E-state index contributed by atoms with van der Waals surface area (Å²) in [6, 6.07) is 14.5. The zero-order valence-electron chi connectivity index (χ0n) is 15.1. The summed E-state index contributed by atoms with van der Waals surface area (Å²) in [5.74, 6) is 0.497. The number of likely N-dealkylation sites (tertiary alicyclic amines) is 1. The average Bonchev–Trinajstić information content (AvgIpc) is 3.36. The summed E-state index contributed by atoms with van der Waals surface area (Å²) in [5.41, 5.74) is 1.76. The number of aromatic amines is 1. The zero-order valence-corrected chi connectivity index (χ0v) is 15.1. The van der Waals surface area contributed by atoms with Crippen LogP contribution in [0.4, 0.5) is 0 Å². The summed E-state index contributed by atoms with van der Waals surface area (Å²) in [5, 5.41) is 5.47. The van der Waals surface area contributed by atoms with Gasteiger partial charge >= 0.3 is 0 Å². The highest BCUT2D eigenvalue weighted by molar-refractivity contribution is 5.86. The molecule has 28 heavy (non-hydrogen) atoms. The number of H-pyrrole nitrogens is 1. The molecule has 2 aromatic carbocycles. The maximum Gasteiger partial charge on any atom is 0.258 e. The molecule has 5 rings (SSSR count). The van der Waals surface area contributed by atoms with Crippen molar-refractivity contribution in [3.63, 3.8) is 0 Å². The van der Waals surface area contributed by atoms with E-state index in [-0.39, 0.29) is 23.9 Å². The van der Waals surface area contributed by atoms with E-state index in [1.165, 1.54) is 0 Å². The molecule has 7 heteroatoms. The molecule has 0 bridgehead atoms. The molecule has 140 valence electrons. The molecule has 1 unspecified atom stereocenters. The van der Waals surface area contributed by atoms with Crippen LogP contribution < -0.4 is 5.56 Å². The van der Waals surface area contributed by atoms with E-state index in [9.17, 15) is 9.59 Å². The molecule has 4 aromatic rings. The molecule has 7 nitrogen and oxygen atoms in total. The molecule has 1 saturated heterocycles. The Balaban J connectivity index is 1.45. The average molecular weight is 374 g/mol. The maximum absolute atomic E-state index is 13.0. The summed E-state index contributed by atoms with van der Waals surface area (Å²) < 4.78 is 5.31. The van der Waals surface area contributed by atoms with E-state index in [4.69, 9.17) is 4.52 Å². The minimum absolute atomic E-state index is 0.0441. The number of carbonyl (C=O) groups excluding carboxylic acids is 1. The fraction of sp³-hybridized carbons (Fsp3) is 0.238. The van der Waals surface area contributed by atoms with Gasteiger partial charge in [0.05, 0.1) is 23.4 Å². The van der Waals surface area contributed by atoms with Crippen LogP contribution in [0.5, 0.6) is 0 Å². The summed E-state index contributed by atoms with van der Waals surface area (Å²) in [6.07, 6.45) is 1.80. The Morgan fingerprint density at radius 3 is 2.82 bits per heavy atom. The Morgan fingerprint density at radius 2 is 1.93 bits per heavy atom. The van der Waals surface area contributed by atoms with E-state index < -0.39 is 0 Å². The number of fused-ring (bicyclic) bond motifs is 2. The van der Waals surface area contributed by atoms with Crippen molar-refractivity contribution >= 4 is 27.8 Å². The molecule has 1 fully saturated rings. The normalized spacial score (nSPS) is 16.9. The van der Waals surface area contributed by atoms with Gasteiger partial charge < -0.3 is 14.4 Å². The predicted molar refractivity (Wildman–Crippen MR) is 104 cm³/mol. The molecule has 1 aliphatic heterocycles. The van der Waals surface area contributed by atoms with Crippen LogP contribution in [0, 0.1) is 0 Å². The lowest BCUT2D eigenvalue weighted by atomic mass is 10.1. The van der Waals surface area contributed by atoms with Crippen molar-refractivity contribution in [1.82, 2.24) is 20.0 Å². The fourth-order valence-electron chi connectivity index (χ4n) is 3.92. The van der Waals surface area contributed by atoms with Gasteiger partial charge in [-0.25, -0.2) is 4.98 Å². The topological polar surface area (TPSA) is 92.1 Å². The van der Waals surface area contributed by atoms with E-state index in [0.717, 1.165) is 18.2 Å². The molecule has 1 aliphatic rings. The molecular weight excluding hydrogens is 356 g/mol. The van der Waals surface area contributed by atoms with Crippen molar-refractivity contribution in [2.45, 2.75) is 25.3 Å². The lowest BCUT2D eigenvalue weighted by molar-refractivity contribution is -0.131. The SMILES string of the molecule is O=C(Cc1noc2ccccc12)N1CCCC1c1nc2ccccc2c(=O)[nH]1. The smallest absolute Gasteiger partial charge is 0.258 e. The Hall–Kier alpha value is -3.48. The van der Waals surface area contributed by atoms with Gasteiger partial charge in [0.25, 0.3) is 5.56 Å². The van der Waals surface area contributed by atoms with Crippen LogP contribution in [0.1, 0.15) is 30.4 Å². The second-order valence-electron chi connectivity index (χ2n) is 7.02. The van der Waals surface area contributed by atoms with E-state index in [1.54, 1.807) is 11.0 Å². The number of rotatable bonds is 3. The quantitative estimate of drug-likeness (QED) is 0.595. The van der Waals surface area contributed by atoms with E-state index in [0.29, 0.717) is 34.5 Å². The van der Waals surface area contributed by atoms with Gasteiger partial charge in [0.15, 0.2) is 5.58 Å². The molecule has 0 aliphatic carbocycles. The standard InChI is InChI=1S/C21H18N4O3/c26-19(12-16-13-6-2-4-10-18(13)28-24-16)25-11-5-9-17(25)20-22-15-8-3-1-7-14(15)21(27)23-20/h1-4,6-8,10,17H,5,9,11-12H2,(H,22,23,27). The molecule has 1 amide bonds. The van der Waals surface area contributed by atoms with E-state index >= 15 is 0 Å². The largest absolute Gasteiger partial charge is 0.356 e. The van der Waals surface area contributed by atoms with Crippen LogP contribution in [-0.2, 0) is 11.2 Å². The molecule has 0 saturated carbocycles. The molecule has 2 aromatic heterocycles. The lowest BCUT2D eigenvalue weighted by Gasteiger charge is -2.24. The Labute approximate surface area is 160 Å². The Kier molecular flexibility index (Phi) is 3.93. The number of carbonyl (C=O) groups is 1. The number of nitrogens with one attached hydrogen (secondary N) is 1. The zero-order chi connectivity index (χ0) is 19.1. The number of hydrogen-bond acceptors (Lipinski definition) is 5. The number of hydrogen-bond donors (Lipinski definition) is 1. The van der Waals surface area contributed by atoms with Gasteiger partial charge in [-0.05, 0) is 37.1 Å². The highest BCUT2D eigenvalue weighted by Crippen LogP contribution is 2.31. The van der Waals surface area contributed by atoms with Gasteiger partial charge in [-0.2, -0.15) is 0 Å². The van der Waals surface area contributed by atoms with Crippen molar-refractivity contribution in [1.29, 1.82) is 0 Å². The number of para-hydroxylation sites is 2. The Bertz CT molecular complexity index is 1240.